The van der Waals surface area contributed by atoms with Gasteiger partial charge in [-0.15, -0.1) is 0 Å². The van der Waals surface area contributed by atoms with Crippen molar-refractivity contribution in [1.29, 1.82) is 5.26 Å². The molecule has 2 heterocycles. The number of aromatic nitrogens is 2. The van der Waals surface area contributed by atoms with Crippen LogP contribution in [0, 0.1) is 11.3 Å². The molecule has 282 valence electrons. The van der Waals surface area contributed by atoms with Gasteiger partial charge in [-0.3, -0.25) is 0 Å². The Kier molecular flexibility index (Phi) is 8.02. The zero-order chi connectivity index (χ0) is 40.1. The maximum Gasteiger partial charge on any atom is 0.416 e. The molecule has 2 aromatic heterocycles. The Bertz CT molecular complexity index is 2900. The van der Waals surface area contributed by atoms with Crippen molar-refractivity contribution >= 4 is 43.6 Å². The lowest BCUT2D eigenvalue weighted by molar-refractivity contribution is -0.143. The summed E-state index contributed by atoms with van der Waals surface area (Å²) in [7, 11) is 0. The van der Waals surface area contributed by atoms with Crippen molar-refractivity contribution in [2.45, 2.75) is 24.7 Å². The van der Waals surface area contributed by atoms with E-state index in [1.807, 2.05) is 6.07 Å². The first kappa shape index (κ1) is 36.5. The summed E-state index contributed by atoms with van der Waals surface area (Å²) < 4.78 is 173. The predicted octanol–water partition coefficient (Wildman–Crippen LogP) is 13.5. The summed E-state index contributed by atoms with van der Waals surface area (Å²) in [6.45, 7) is 0. The molecule has 3 nitrogen and oxygen atoms in total. The molecule has 0 amide bonds. The first-order valence-corrected chi connectivity index (χ1v) is 16.4. The molecule has 0 radical (unpaired) electrons. The average molecular weight is 782 g/mol. The molecule has 0 aliphatic carbocycles. The number of nitriles is 1. The molecule has 0 spiro atoms. The van der Waals surface area contributed by atoms with Crippen LogP contribution in [0.1, 0.15) is 27.8 Å². The van der Waals surface area contributed by atoms with Crippen molar-refractivity contribution in [2.24, 2.45) is 0 Å². The minimum Gasteiger partial charge on any atom is -0.309 e. The second kappa shape index (κ2) is 12.3. The van der Waals surface area contributed by atoms with Crippen molar-refractivity contribution in [2.75, 3.05) is 0 Å². The van der Waals surface area contributed by atoms with Crippen molar-refractivity contribution in [1.82, 2.24) is 9.13 Å². The third-order valence-corrected chi connectivity index (χ3v) is 9.62. The van der Waals surface area contributed by atoms with E-state index in [9.17, 15) is 57.9 Å². The van der Waals surface area contributed by atoms with Gasteiger partial charge in [-0.1, -0.05) is 48.5 Å². The summed E-state index contributed by atoms with van der Waals surface area (Å²) in [5.41, 5.74) is -7.32. The van der Waals surface area contributed by atoms with E-state index >= 15 is 0 Å². The molecule has 0 bridgehead atoms. The minimum absolute atomic E-state index is 0.0879. The van der Waals surface area contributed by atoms with Gasteiger partial charge >= 0.3 is 24.7 Å². The molecule has 0 atom stereocenters. The normalized spacial score (nSPS) is 13.0. The number of nitrogens with zero attached hydrogens (tertiary/aromatic N) is 3. The molecule has 15 heteroatoms. The molecule has 8 aromatic rings. The molecule has 0 unspecified atom stereocenters. The number of rotatable bonds is 3. The first-order chi connectivity index (χ1) is 26.3. The van der Waals surface area contributed by atoms with Crippen LogP contribution >= 0.6 is 0 Å². The fourth-order valence-corrected chi connectivity index (χ4v) is 7.19. The lowest BCUT2D eigenvalue weighted by atomic mass is 9.95. The lowest BCUT2D eigenvalue weighted by Gasteiger charge is -2.21. The van der Waals surface area contributed by atoms with Crippen LogP contribution in [0.25, 0.3) is 66.1 Å². The summed E-state index contributed by atoms with van der Waals surface area (Å²) in [5, 5.41) is 11.9. The minimum atomic E-state index is -5.30. The van der Waals surface area contributed by atoms with Crippen LogP contribution in [0.4, 0.5) is 52.7 Å². The quantitative estimate of drug-likeness (QED) is 0.164. The molecule has 56 heavy (non-hydrogen) atoms. The number of fused-ring (bicyclic) bond motifs is 6. The largest absolute Gasteiger partial charge is 0.416 e. The second-order valence-corrected chi connectivity index (χ2v) is 13.0. The van der Waals surface area contributed by atoms with Crippen molar-refractivity contribution in [3.05, 3.63) is 143 Å². The number of hydrogen-bond acceptors (Lipinski definition) is 1. The van der Waals surface area contributed by atoms with Crippen LogP contribution in [0.5, 0.6) is 0 Å². The number of para-hydroxylation sites is 2. The molecule has 0 saturated carbocycles. The highest BCUT2D eigenvalue weighted by atomic mass is 19.4. The zero-order valence-electron chi connectivity index (χ0n) is 27.8. The molecule has 8 rings (SSSR count). The highest BCUT2D eigenvalue weighted by molar-refractivity contribution is 6.11. The topological polar surface area (TPSA) is 33.6 Å². The van der Waals surface area contributed by atoms with Gasteiger partial charge in [0.25, 0.3) is 0 Å². The molecule has 0 N–H and O–H groups in total. The van der Waals surface area contributed by atoms with Crippen LogP contribution < -0.4 is 0 Å². The van der Waals surface area contributed by atoms with E-state index in [1.165, 1.54) is 39.5 Å². The van der Waals surface area contributed by atoms with E-state index in [4.69, 9.17) is 0 Å². The molecule has 6 aromatic carbocycles. The molecule has 0 saturated heterocycles. The average Bonchev–Trinajstić information content (AvgIpc) is 3.65. The molecular weight excluding hydrogens is 762 g/mol. The van der Waals surface area contributed by atoms with E-state index in [0.717, 1.165) is 36.4 Å². The predicted molar refractivity (Wildman–Crippen MR) is 185 cm³/mol. The number of halogens is 12. The highest BCUT2D eigenvalue weighted by Crippen LogP contribution is 2.45. The van der Waals surface area contributed by atoms with Gasteiger partial charge in [0.2, 0.25) is 0 Å². The lowest BCUT2D eigenvalue weighted by Crippen LogP contribution is -2.12. The van der Waals surface area contributed by atoms with Crippen molar-refractivity contribution in [3.8, 4) is 28.6 Å². The fraction of sp³-hybridized carbons (Fsp3) is 0.0976. The van der Waals surface area contributed by atoms with E-state index in [2.05, 4.69) is 0 Å². The summed E-state index contributed by atoms with van der Waals surface area (Å²) in [5.74, 6) is 0. The number of benzene rings is 6. The van der Waals surface area contributed by atoms with E-state index in [-0.39, 0.29) is 55.8 Å². The zero-order valence-corrected chi connectivity index (χ0v) is 27.8. The van der Waals surface area contributed by atoms with Gasteiger partial charge < -0.3 is 9.13 Å². The van der Waals surface area contributed by atoms with Crippen LogP contribution in [0.2, 0.25) is 0 Å². The van der Waals surface area contributed by atoms with Crippen LogP contribution in [0.15, 0.2) is 115 Å². The number of alkyl halides is 12. The molecule has 0 fully saturated rings. The third kappa shape index (κ3) is 5.96. The van der Waals surface area contributed by atoms with Gasteiger partial charge in [0.15, 0.2) is 0 Å². The molecule has 0 aliphatic rings. The van der Waals surface area contributed by atoms with Crippen LogP contribution in [-0.4, -0.2) is 9.13 Å². The van der Waals surface area contributed by atoms with Gasteiger partial charge in [-0.2, -0.15) is 57.9 Å². The number of hydrogen-bond donors (Lipinski definition) is 0. The smallest absolute Gasteiger partial charge is 0.309 e. The highest BCUT2D eigenvalue weighted by Gasteiger charge is 2.38. The summed E-state index contributed by atoms with van der Waals surface area (Å²) >= 11 is 0. The van der Waals surface area contributed by atoms with Gasteiger partial charge in [0.1, 0.15) is 6.07 Å². The van der Waals surface area contributed by atoms with E-state index in [0.29, 0.717) is 22.9 Å². The Morgan fingerprint density at radius 3 is 1.23 bits per heavy atom. The monoisotopic (exact) mass is 781 g/mol. The van der Waals surface area contributed by atoms with Gasteiger partial charge in [0.05, 0.1) is 61.3 Å². The van der Waals surface area contributed by atoms with Gasteiger partial charge in [0, 0.05) is 27.1 Å². The standard InChI is InChI=1S/C41H19F12N3/c42-38(43,44)23-9-11-29-27-5-1-3-7-32(27)55(36(29)17-23)34-19-31(21-13-25(40(48,49)50)16-26(14-21)41(51,52)53)35(15-22(34)20-54)56-33-8-4-2-6-28(33)30-12-10-24(18-37(30)56)39(45,46)47/h1-19H. The maximum absolute atomic E-state index is 14.3. The fourth-order valence-electron chi connectivity index (χ4n) is 7.19. The van der Waals surface area contributed by atoms with E-state index in [1.54, 1.807) is 30.3 Å². The summed E-state index contributed by atoms with van der Waals surface area (Å²) in [4.78, 5) is 0. The third-order valence-electron chi connectivity index (χ3n) is 9.62. The van der Waals surface area contributed by atoms with Crippen LogP contribution in [-0.2, 0) is 24.7 Å². The Labute approximate surface area is 306 Å². The van der Waals surface area contributed by atoms with Gasteiger partial charge in [-0.25, -0.2) is 0 Å². The Hall–Kier alpha value is -6.43. The van der Waals surface area contributed by atoms with Gasteiger partial charge in [-0.05, 0) is 72.3 Å². The SMILES string of the molecule is N#Cc1cc(-n2c3ccccc3c3ccc(C(F)(F)F)cc32)c(-c2cc(C(F)(F)F)cc(C(F)(F)F)c2)cc1-n1c2ccccc2c2ccc(C(F)(F)F)cc21. The Balaban J connectivity index is 1.57. The first-order valence-electron chi connectivity index (χ1n) is 16.4. The summed E-state index contributed by atoms with van der Waals surface area (Å²) in [6, 6.07) is 22.9. The second-order valence-electron chi connectivity index (χ2n) is 13.0. The van der Waals surface area contributed by atoms with Crippen molar-refractivity contribution < 1.29 is 52.7 Å². The molecule has 0 aliphatic heterocycles. The Morgan fingerprint density at radius 2 is 0.804 bits per heavy atom. The van der Waals surface area contributed by atoms with Crippen LogP contribution in [0.3, 0.4) is 0 Å². The summed E-state index contributed by atoms with van der Waals surface area (Å²) in [6.07, 6.45) is -20.3. The van der Waals surface area contributed by atoms with Crippen molar-refractivity contribution in [3.63, 3.8) is 0 Å². The maximum atomic E-state index is 14.3. The Morgan fingerprint density at radius 1 is 0.393 bits per heavy atom. The van der Waals surface area contributed by atoms with E-state index < -0.39 is 58.1 Å². The molecular formula is C41H19F12N3.